The molecule has 3 atom stereocenters. The Morgan fingerprint density at radius 1 is 1.21 bits per heavy atom. The van der Waals surface area contributed by atoms with Gasteiger partial charge in [-0.25, -0.2) is 4.98 Å². The van der Waals surface area contributed by atoms with Crippen LogP contribution in [0.1, 0.15) is 88.8 Å². The van der Waals surface area contributed by atoms with E-state index in [0.29, 0.717) is 24.8 Å². The quantitative estimate of drug-likeness (QED) is 0.454. The maximum Gasteiger partial charge on any atom is 0.246 e. The molecule has 7 nitrogen and oxygen atoms in total. The summed E-state index contributed by atoms with van der Waals surface area (Å²) < 4.78 is 0. The van der Waals surface area contributed by atoms with E-state index in [4.69, 9.17) is 5.73 Å². The molecule has 3 aliphatic rings. The fraction of sp³-hybridized carbons (Fsp3) is 0.741. The molecular weight excluding hydrogens is 426 g/mol. The lowest BCUT2D eigenvalue weighted by molar-refractivity contribution is -0.146. The number of nitrogens with zero attached hydrogens (tertiary/aromatic N) is 2. The molecule has 7 heteroatoms. The zero-order valence-electron chi connectivity index (χ0n) is 21.1. The number of aryl methyl sites for hydroxylation is 1. The lowest BCUT2D eigenvalue weighted by Gasteiger charge is -2.39. The fourth-order valence-corrected chi connectivity index (χ4v) is 6.18. The van der Waals surface area contributed by atoms with Crippen molar-refractivity contribution < 1.29 is 9.59 Å². The summed E-state index contributed by atoms with van der Waals surface area (Å²) in [6, 6.07) is 3.50. The molecule has 0 unspecified atom stereocenters. The molecule has 4 rings (SSSR count). The van der Waals surface area contributed by atoms with Crippen LogP contribution in [0, 0.1) is 18.8 Å². The number of likely N-dealkylation sites (tertiary alicyclic amines) is 1. The van der Waals surface area contributed by atoms with Crippen molar-refractivity contribution >= 4 is 17.6 Å². The van der Waals surface area contributed by atoms with Gasteiger partial charge in [-0.3, -0.25) is 9.59 Å². The maximum absolute atomic E-state index is 13.9. The molecule has 2 saturated carbocycles. The highest BCUT2D eigenvalue weighted by atomic mass is 16.2. The lowest BCUT2D eigenvalue weighted by atomic mass is 9.84. The zero-order chi connectivity index (χ0) is 24.1. The summed E-state index contributed by atoms with van der Waals surface area (Å²) in [5, 5.41) is 6.72. The number of nitrogens with one attached hydrogen (secondary N) is 2. The monoisotopic (exact) mass is 469 g/mol. The number of amides is 2. The molecule has 34 heavy (non-hydrogen) atoms. The molecule has 0 spiro atoms. The Bertz CT molecular complexity index is 869. The van der Waals surface area contributed by atoms with E-state index in [1.54, 1.807) is 6.07 Å². The number of anilines is 1. The number of aromatic nitrogens is 1. The molecule has 2 heterocycles. The number of carbonyl (C=O) groups is 2. The first-order chi connectivity index (χ1) is 16.5. The predicted molar refractivity (Wildman–Crippen MR) is 135 cm³/mol. The van der Waals surface area contributed by atoms with Gasteiger partial charge in [-0.1, -0.05) is 51.5 Å². The first-order valence-electron chi connectivity index (χ1n) is 13.5. The highest BCUT2D eigenvalue weighted by Gasteiger charge is 2.66. The maximum atomic E-state index is 13.9. The third kappa shape index (κ3) is 5.40. The van der Waals surface area contributed by atoms with Crippen molar-refractivity contribution in [1.29, 1.82) is 0 Å². The molecule has 188 valence electrons. The van der Waals surface area contributed by atoms with Gasteiger partial charge < -0.3 is 21.3 Å². The summed E-state index contributed by atoms with van der Waals surface area (Å²) in [5.41, 5.74) is 6.89. The summed E-state index contributed by atoms with van der Waals surface area (Å²) in [6.45, 7) is 6.04. The minimum absolute atomic E-state index is 0.00764. The number of pyridine rings is 1. The molecule has 0 aromatic carbocycles. The Kier molecular flexibility index (Phi) is 8.12. The average molecular weight is 470 g/mol. The number of carbonyl (C=O) groups excluding carboxylic acids is 2. The molecular formula is C27H43N5O2. The molecule has 1 saturated heterocycles. The van der Waals surface area contributed by atoms with Gasteiger partial charge in [0, 0.05) is 18.8 Å². The summed E-state index contributed by atoms with van der Waals surface area (Å²) in [7, 11) is 0. The topological polar surface area (TPSA) is 100 Å². The van der Waals surface area contributed by atoms with Crippen LogP contribution >= 0.6 is 0 Å². The van der Waals surface area contributed by atoms with Crippen molar-refractivity contribution in [3.05, 3.63) is 23.4 Å². The van der Waals surface area contributed by atoms with Gasteiger partial charge in [0.2, 0.25) is 11.8 Å². The van der Waals surface area contributed by atoms with Crippen molar-refractivity contribution in [2.75, 3.05) is 18.8 Å². The van der Waals surface area contributed by atoms with Gasteiger partial charge in [-0.15, -0.1) is 0 Å². The summed E-state index contributed by atoms with van der Waals surface area (Å²) in [4.78, 5) is 33.7. The van der Waals surface area contributed by atoms with Crippen LogP contribution in [0.3, 0.4) is 0 Å². The molecule has 4 N–H and O–H groups in total. The smallest absolute Gasteiger partial charge is 0.246 e. The third-order valence-corrected chi connectivity index (χ3v) is 8.32. The Morgan fingerprint density at radius 2 is 2.00 bits per heavy atom. The molecule has 1 aromatic rings. The zero-order valence-corrected chi connectivity index (χ0v) is 21.1. The summed E-state index contributed by atoms with van der Waals surface area (Å²) >= 11 is 0. The Hall–Kier alpha value is -2.15. The Labute approximate surface area is 204 Å². The average Bonchev–Trinajstić information content (AvgIpc) is 3.59. The standard InChI is InChI=1S/C27H43N5O2/c1-3-4-14-29-23(16-20-9-6-5-7-10-20)25(33)32-15-8-11-22-17-27(22,32)26(34)30-18-21-12-13-24(28)31-19(21)2/h12-13,20,22-23,29H,3-11,14-18H2,1-2H3,(H2,28,31)(H,30,34)/t22-,23-,27+/m1/s1. The van der Waals surface area contributed by atoms with E-state index in [1.165, 1.54) is 32.1 Å². The molecule has 1 aromatic heterocycles. The van der Waals surface area contributed by atoms with Crippen molar-refractivity contribution in [1.82, 2.24) is 20.5 Å². The van der Waals surface area contributed by atoms with Gasteiger partial charge in [0.05, 0.1) is 6.04 Å². The van der Waals surface area contributed by atoms with Gasteiger partial charge >= 0.3 is 0 Å². The molecule has 0 bridgehead atoms. The normalized spacial score (nSPS) is 25.5. The van der Waals surface area contributed by atoms with E-state index in [2.05, 4.69) is 22.5 Å². The highest BCUT2D eigenvalue weighted by molar-refractivity contribution is 5.96. The van der Waals surface area contributed by atoms with Crippen LogP contribution in [-0.2, 0) is 16.1 Å². The van der Waals surface area contributed by atoms with Gasteiger partial charge in [-0.05, 0) is 69.0 Å². The Morgan fingerprint density at radius 3 is 2.74 bits per heavy atom. The van der Waals surface area contributed by atoms with Gasteiger partial charge in [-0.2, -0.15) is 0 Å². The SMILES string of the molecule is CCCCN[C@H](CC1CCCCC1)C(=O)N1CCC[C@@H]2C[C@@]21C(=O)NCc1ccc(N)nc1C. The number of unbranched alkanes of at least 4 members (excludes halogenated alkanes) is 1. The van der Waals surface area contributed by atoms with Crippen LogP contribution in [-0.4, -0.2) is 46.4 Å². The van der Waals surface area contributed by atoms with Gasteiger partial charge in [0.25, 0.3) is 0 Å². The molecule has 2 aliphatic carbocycles. The minimum atomic E-state index is -0.665. The van der Waals surface area contributed by atoms with Crippen LogP contribution in [0.25, 0.3) is 0 Å². The third-order valence-electron chi connectivity index (χ3n) is 8.32. The number of nitrogen functional groups attached to an aromatic ring is 1. The van der Waals surface area contributed by atoms with Crippen molar-refractivity contribution in [2.45, 2.75) is 103 Å². The summed E-state index contributed by atoms with van der Waals surface area (Å²) in [5.74, 6) is 1.51. The summed E-state index contributed by atoms with van der Waals surface area (Å²) in [6.07, 6.45) is 12.2. The minimum Gasteiger partial charge on any atom is -0.384 e. The molecule has 3 fully saturated rings. The van der Waals surface area contributed by atoms with E-state index in [-0.39, 0.29) is 23.8 Å². The van der Waals surface area contributed by atoms with Crippen molar-refractivity contribution in [3.8, 4) is 0 Å². The van der Waals surface area contributed by atoms with Gasteiger partial charge in [0.15, 0.2) is 0 Å². The lowest BCUT2D eigenvalue weighted by Crippen LogP contribution is -2.59. The first-order valence-corrected chi connectivity index (χ1v) is 13.5. The molecule has 1 aliphatic heterocycles. The van der Waals surface area contributed by atoms with E-state index in [9.17, 15) is 9.59 Å². The largest absolute Gasteiger partial charge is 0.384 e. The van der Waals surface area contributed by atoms with E-state index in [0.717, 1.165) is 56.3 Å². The van der Waals surface area contributed by atoms with Crippen LogP contribution in [0.5, 0.6) is 0 Å². The molecule has 2 amide bonds. The van der Waals surface area contributed by atoms with E-state index in [1.807, 2.05) is 17.9 Å². The number of piperidine rings is 1. The second kappa shape index (κ2) is 11.1. The first kappa shape index (κ1) is 25.0. The van der Waals surface area contributed by atoms with Crippen LogP contribution in [0.15, 0.2) is 12.1 Å². The number of rotatable bonds is 10. The van der Waals surface area contributed by atoms with Gasteiger partial charge in [0.1, 0.15) is 11.4 Å². The van der Waals surface area contributed by atoms with Crippen LogP contribution in [0.2, 0.25) is 0 Å². The number of hydrogen-bond donors (Lipinski definition) is 3. The van der Waals surface area contributed by atoms with E-state index < -0.39 is 5.54 Å². The highest BCUT2D eigenvalue weighted by Crippen LogP contribution is 2.54. The van der Waals surface area contributed by atoms with E-state index >= 15 is 0 Å². The van der Waals surface area contributed by atoms with Crippen molar-refractivity contribution in [3.63, 3.8) is 0 Å². The predicted octanol–water partition coefficient (Wildman–Crippen LogP) is 3.70. The van der Waals surface area contributed by atoms with Crippen LogP contribution < -0.4 is 16.4 Å². The molecule has 0 radical (unpaired) electrons. The fourth-order valence-electron chi connectivity index (χ4n) is 6.18. The second-order valence-electron chi connectivity index (χ2n) is 10.7. The number of fused-ring (bicyclic) bond motifs is 1. The van der Waals surface area contributed by atoms with Crippen LogP contribution in [0.4, 0.5) is 5.82 Å². The second-order valence-corrected chi connectivity index (χ2v) is 10.7. The van der Waals surface area contributed by atoms with Crippen molar-refractivity contribution in [2.24, 2.45) is 11.8 Å². The Balaban J connectivity index is 1.46. The number of hydrogen-bond acceptors (Lipinski definition) is 5. The number of nitrogens with two attached hydrogens (primary N) is 1.